The van der Waals surface area contributed by atoms with Gasteiger partial charge in [-0.15, -0.1) is 0 Å². The van der Waals surface area contributed by atoms with Crippen LogP contribution < -0.4 is 0 Å². The van der Waals surface area contributed by atoms with Gasteiger partial charge < -0.3 is 4.90 Å². The molecule has 2 aliphatic rings. The highest BCUT2D eigenvalue weighted by Gasteiger charge is 2.42. The van der Waals surface area contributed by atoms with Gasteiger partial charge in [0.2, 0.25) is 5.91 Å². The standard InChI is InChI=1S/C12H16BrN3O/c1-8(17)16-10-2-3-11(16)5-12(4-10)15-7-9(13)6-14-15/h6-7,10-12H,2-5H2,1H3. The number of nitrogens with zero attached hydrogens (tertiary/aromatic N) is 3. The summed E-state index contributed by atoms with van der Waals surface area (Å²) < 4.78 is 3.08. The molecule has 92 valence electrons. The van der Waals surface area contributed by atoms with Gasteiger partial charge in [-0.3, -0.25) is 9.48 Å². The molecule has 0 aromatic carbocycles. The van der Waals surface area contributed by atoms with E-state index in [1.54, 1.807) is 6.92 Å². The number of hydrogen-bond acceptors (Lipinski definition) is 2. The van der Waals surface area contributed by atoms with Gasteiger partial charge in [0.25, 0.3) is 0 Å². The Labute approximate surface area is 109 Å². The second-order valence-electron chi connectivity index (χ2n) is 5.08. The molecule has 2 unspecified atom stereocenters. The first-order chi connectivity index (χ1) is 8.15. The highest BCUT2D eigenvalue weighted by atomic mass is 79.9. The van der Waals surface area contributed by atoms with E-state index < -0.39 is 0 Å². The maximum atomic E-state index is 11.6. The highest BCUT2D eigenvalue weighted by Crippen LogP contribution is 2.40. The van der Waals surface area contributed by atoms with Gasteiger partial charge in [0.05, 0.1) is 16.7 Å². The Morgan fingerprint density at radius 3 is 2.47 bits per heavy atom. The molecule has 3 heterocycles. The summed E-state index contributed by atoms with van der Waals surface area (Å²) in [5, 5.41) is 4.37. The van der Waals surface area contributed by atoms with Gasteiger partial charge in [0, 0.05) is 25.2 Å². The molecule has 4 nitrogen and oxygen atoms in total. The lowest BCUT2D eigenvalue weighted by Crippen LogP contribution is -2.45. The van der Waals surface area contributed by atoms with Gasteiger partial charge >= 0.3 is 0 Å². The van der Waals surface area contributed by atoms with Crippen LogP contribution in [-0.4, -0.2) is 32.7 Å². The molecule has 3 rings (SSSR count). The van der Waals surface area contributed by atoms with Crippen molar-refractivity contribution in [2.45, 2.75) is 50.7 Å². The van der Waals surface area contributed by atoms with Crippen molar-refractivity contribution in [3.8, 4) is 0 Å². The van der Waals surface area contributed by atoms with Crippen molar-refractivity contribution in [2.75, 3.05) is 0 Å². The van der Waals surface area contributed by atoms with Gasteiger partial charge in [0.1, 0.15) is 0 Å². The first kappa shape index (κ1) is 11.3. The van der Waals surface area contributed by atoms with Gasteiger partial charge in [-0.1, -0.05) is 0 Å². The summed E-state index contributed by atoms with van der Waals surface area (Å²) in [6, 6.07) is 1.31. The van der Waals surface area contributed by atoms with Crippen LogP contribution in [0.5, 0.6) is 0 Å². The molecule has 0 aliphatic carbocycles. The van der Waals surface area contributed by atoms with Crippen LogP contribution >= 0.6 is 15.9 Å². The van der Waals surface area contributed by atoms with E-state index in [4.69, 9.17) is 0 Å². The van der Waals surface area contributed by atoms with Gasteiger partial charge in [-0.2, -0.15) is 5.10 Å². The largest absolute Gasteiger partial charge is 0.337 e. The van der Waals surface area contributed by atoms with E-state index in [9.17, 15) is 4.79 Å². The minimum Gasteiger partial charge on any atom is -0.337 e. The summed E-state index contributed by atoms with van der Waals surface area (Å²) >= 11 is 3.43. The van der Waals surface area contributed by atoms with Crippen molar-refractivity contribution in [2.24, 2.45) is 0 Å². The number of fused-ring (bicyclic) bond motifs is 2. The van der Waals surface area contributed by atoms with E-state index in [0.29, 0.717) is 18.1 Å². The summed E-state index contributed by atoms with van der Waals surface area (Å²) in [4.78, 5) is 13.7. The second-order valence-corrected chi connectivity index (χ2v) is 5.99. The molecule has 0 saturated carbocycles. The molecule has 1 aromatic rings. The first-order valence-corrected chi connectivity index (χ1v) is 6.93. The quantitative estimate of drug-likeness (QED) is 0.798. The first-order valence-electron chi connectivity index (χ1n) is 6.13. The minimum atomic E-state index is 0.234. The fourth-order valence-electron chi connectivity index (χ4n) is 3.39. The monoisotopic (exact) mass is 297 g/mol. The number of amides is 1. The lowest BCUT2D eigenvalue weighted by molar-refractivity contribution is -0.133. The maximum Gasteiger partial charge on any atom is 0.219 e. The molecule has 17 heavy (non-hydrogen) atoms. The number of halogens is 1. The summed E-state index contributed by atoms with van der Waals surface area (Å²) in [7, 11) is 0. The van der Waals surface area contributed by atoms with Crippen LogP contribution in [0.25, 0.3) is 0 Å². The second kappa shape index (κ2) is 4.12. The van der Waals surface area contributed by atoms with Crippen LogP contribution in [-0.2, 0) is 4.79 Å². The van der Waals surface area contributed by atoms with Crippen molar-refractivity contribution in [1.82, 2.24) is 14.7 Å². The number of carbonyl (C=O) groups excluding carboxylic acids is 1. The molecule has 2 atom stereocenters. The normalized spacial score (nSPS) is 31.9. The van der Waals surface area contributed by atoms with Crippen LogP contribution in [0, 0.1) is 0 Å². The molecule has 0 N–H and O–H groups in total. The Hall–Kier alpha value is -0.840. The van der Waals surface area contributed by atoms with Crippen LogP contribution in [0.15, 0.2) is 16.9 Å². The van der Waals surface area contributed by atoms with Crippen LogP contribution in [0.4, 0.5) is 0 Å². The SMILES string of the molecule is CC(=O)N1C2CCC1CC(n1cc(Br)cn1)C2. The zero-order chi connectivity index (χ0) is 12.0. The van der Waals surface area contributed by atoms with Crippen molar-refractivity contribution < 1.29 is 4.79 Å². The number of aromatic nitrogens is 2. The summed E-state index contributed by atoms with van der Waals surface area (Å²) in [6.45, 7) is 1.69. The third-order valence-electron chi connectivity index (χ3n) is 4.02. The van der Waals surface area contributed by atoms with E-state index in [1.165, 1.54) is 0 Å². The van der Waals surface area contributed by atoms with E-state index >= 15 is 0 Å². The number of rotatable bonds is 1. The van der Waals surface area contributed by atoms with Gasteiger partial charge in [0.15, 0.2) is 0 Å². The summed E-state index contributed by atoms with van der Waals surface area (Å²) in [5.41, 5.74) is 0. The van der Waals surface area contributed by atoms with Crippen molar-refractivity contribution in [1.29, 1.82) is 0 Å². The predicted octanol–water partition coefficient (Wildman–Crippen LogP) is 2.36. The zero-order valence-corrected chi connectivity index (χ0v) is 11.4. The molecule has 1 aromatic heterocycles. The van der Waals surface area contributed by atoms with Gasteiger partial charge in [-0.05, 0) is 41.6 Å². The summed E-state index contributed by atoms with van der Waals surface area (Å²) in [5.74, 6) is 0.234. The molecule has 0 radical (unpaired) electrons. The summed E-state index contributed by atoms with van der Waals surface area (Å²) in [6.07, 6.45) is 8.27. The Morgan fingerprint density at radius 2 is 2.00 bits per heavy atom. The van der Waals surface area contributed by atoms with E-state index in [2.05, 4.69) is 25.9 Å². The number of piperidine rings is 1. The Balaban J connectivity index is 1.80. The molecular formula is C12H16BrN3O. The van der Waals surface area contributed by atoms with Crippen molar-refractivity contribution in [3.05, 3.63) is 16.9 Å². The minimum absolute atomic E-state index is 0.234. The third kappa shape index (κ3) is 1.90. The highest BCUT2D eigenvalue weighted by molar-refractivity contribution is 9.10. The average molecular weight is 298 g/mol. The average Bonchev–Trinajstić information content (AvgIpc) is 2.81. The maximum absolute atomic E-state index is 11.6. The van der Waals surface area contributed by atoms with Crippen LogP contribution in [0.1, 0.15) is 38.6 Å². The van der Waals surface area contributed by atoms with Crippen LogP contribution in [0.3, 0.4) is 0 Å². The van der Waals surface area contributed by atoms with Crippen LogP contribution in [0.2, 0.25) is 0 Å². The van der Waals surface area contributed by atoms with E-state index in [-0.39, 0.29) is 5.91 Å². The molecule has 5 heteroatoms. The number of hydrogen-bond donors (Lipinski definition) is 0. The Bertz CT molecular complexity index is 431. The topological polar surface area (TPSA) is 38.1 Å². The molecule has 2 aliphatic heterocycles. The fourth-order valence-corrected chi connectivity index (χ4v) is 3.69. The zero-order valence-electron chi connectivity index (χ0n) is 9.84. The lowest BCUT2D eigenvalue weighted by Gasteiger charge is -2.38. The number of carbonyl (C=O) groups is 1. The molecule has 0 spiro atoms. The molecular weight excluding hydrogens is 282 g/mol. The Kier molecular flexibility index (Phi) is 2.73. The molecule has 2 fully saturated rings. The Morgan fingerprint density at radius 1 is 1.35 bits per heavy atom. The fraction of sp³-hybridized carbons (Fsp3) is 0.667. The van der Waals surface area contributed by atoms with Crippen molar-refractivity contribution in [3.63, 3.8) is 0 Å². The lowest BCUT2D eigenvalue weighted by atomic mass is 9.97. The molecule has 2 saturated heterocycles. The van der Waals surface area contributed by atoms with E-state index in [1.807, 2.05) is 17.1 Å². The van der Waals surface area contributed by atoms with Crippen molar-refractivity contribution >= 4 is 21.8 Å². The molecule has 1 amide bonds. The predicted molar refractivity (Wildman–Crippen MR) is 67.5 cm³/mol. The smallest absolute Gasteiger partial charge is 0.219 e. The van der Waals surface area contributed by atoms with E-state index in [0.717, 1.165) is 30.2 Å². The third-order valence-corrected chi connectivity index (χ3v) is 4.43. The molecule has 2 bridgehead atoms. The van der Waals surface area contributed by atoms with Gasteiger partial charge in [-0.25, -0.2) is 0 Å².